The largest absolute Gasteiger partial charge is 0.395 e. The molecule has 3 N–H and O–H groups in total. The number of β-amino-alcohol motifs (C(OH)–C–C–N with tert-alkyl or cyclic N) is 1. The van der Waals surface area contributed by atoms with Gasteiger partial charge >= 0.3 is 0 Å². The van der Waals surface area contributed by atoms with Crippen molar-refractivity contribution in [2.24, 2.45) is 5.73 Å². The van der Waals surface area contributed by atoms with Crippen molar-refractivity contribution in [2.45, 2.75) is 31.7 Å². The van der Waals surface area contributed by atoms with Crippen LogP contribution in [0.5, 0.6) is 0 Å². The fourth-order valence-electron chi connectivity index (χ4n) is 2.63. The topological polar surface area (TPSA) is 79.5 Å². The number of nitrogens with zero attached hydrogens (tertiary/aromatic N) is 2. The van der Waals surface area contributed by atoms with Crippen LogP contribution in [-0.2, 0) is 11.2 Å². The summed E-state index contributed by atoms with van der Waals surface area (Å²) in [4.78, 5) is 17.7. The van der Waals surface area contributed by atoms with Gasteiger partial charge in [0.05, 0.1) is 18.3 Å². The van der Waals surface area contributed by atoms with Gasteiger partial charge in [-0.15, -0.1) is 0 Å². The molecule has 0 aromatic carbocycles. The molecule has 1 aliphatic rings. The zero-order valence-corrected chi connectivity index (χ0v) is 11.1. The summed E-state index contributed by atoms with van der Waals surface area (Å²) in [7, 11) is 0. The minimum Gasteiger partial charge on any atom is -0.395 e. The zero-order valence-electron chi connectivity index (χ0n) is 11.1. The van der Waals surface area contributed by atoms with Crippen LogP contribution in [0.3, 0.4) is 0 Å². The average Bonchev–Trinajstić information content (AvgIpc) is 2.85. The van der Waals surface area contributed by atoms with Crippen LogP contribution in [0.15, 0.2) is 18.2 Å². The minimum atomic E-state index is -0.296. The molecular formula is C14H21N3O2. The number of hydrogen-bond acceptors (Lipinski definition) is 4. The highest BCUT2D eigenvalue weighted by Crippen LogP contribution is 2.30. The van der Waals surface area contributed by atoms with Crippen molar-refractivity contribution in [1.82, 2.24) is 9.88 Å². The van der Waals surface area contributed by atoms with Crippen LogP contribution in [0, 0.1) is 0 Å². The second-order valence-electron chi connectivity index (χ2n) is 4.94. The maximum atomic E-state index is 10.8. The summed E-state index contributed by atoms with van der Waals surface area (Å²) in [6.07, 6.45) is 3.14. The minimum absolute atomic E-state index is 0.178. The van der Waals surface area contributed by atoms with Gasteiger partial charge in [-0.1, -0.05) is 6.07 Å². The summed E-state index contributed by atoms with van der Waals surface area (Å²) in [6, 6.07) is 6.22. The molecule has 0 bridgehead atoms. The van der Waals surface area contributed by atoms with Gasteiger partial charge in [0, 0.05) is 18.7 Å². The third-order valence-electron chi connectivity index (χ3n) is 3.55. The Morgan fingerprint density at radius 3 is 3.11 bits per heavy atom. The van der Waals surface area contributed by atoms with Crippen LogP contribution in [0.1, 0.15) is 36.7 Å². The van der Waals surface area contributed by atoms with Crippen molar-refractivity contribution in [3.8, 4) is 0 Å². The predicted octanol–water partition coefficient (Wildman–Crippen LogP) is 0.629. The summed E-state index contributed by atoms with van der Waals surface area (Å²) in [5, 5.41) is 9.08. The molecule has 1 fully saturated rings. The van der Waals surface area contributed by atoms with E-state index >= 15 is 0 Å². The van der Waals surface area contributed by atoms with Gasteiger partial charge in [-0.2, -0.15) is 0 Å². The number of amides is 1. The molecule has 0 unspecified atom stereocenters. The van der Waals surface area contributed by atoms with E-state index in [-0.39, 0.29) is 12.5 Å². The molecule has 104 valence electrons. The van der Waals surface area contributed by atoms with Gasteiger partial charge in [0.15, 0.2) is 0 Å². The Morgan fingerprint density at radius 2 is 2.37 bits per heavy atom. The average molecular weight is 263 g/mol. The first-order valence-electron chi connectivity index (χ1n) is 6.79. The molecule has 0 aliphatic carbocycles. The number of carbonyl (C=O) groups is 1. The van der Waals surface area contributed by atoms with E-state index in [1.54, 1.807) is 0 Å². The molecule has 1 aliphatic heterocycles. The lowest BCUT2D eigenvalue weighted by atomic mass is 10.1. The summed E-state index contributed by atoms with van der Waals surface area (Å²) in [6.45, 7) is 1.88. The molecule has 19 heavy (non-hydrogen) atoms. The predicted molar refractivity (Wildman–Crippen MR) is 72.4 cm³/mol. The highest BCUT2D eigenvalue weighted by molar-refractivity contribution is 5.73. The van der Waals surface area contributed by atoms with Gasteiger partial charge in [0.1, 0.15) is 0 Å². The molecular weight excluding hydrogens is 242 g/mol. The van der Waals surface area contributed by atoms with E-state index in [0.29, 0.717) is 25.4 Å². The van der Waals surface area contributed by atoms with E-state index in [1.165, 1.54) is 0 Å². The van der Waals surface area contributed by atoms with Crippen molar-refractivity contribution in [2.75, 3.05) is 19.7 Å². The number of aliphatic hydroxyl groups is 1. The normalized spacial score (nSPS) is 19.7. The van der Waals surface area contributed by atoms with Crippen LogP contribution < -0.4 is 5.73 Å². The Hall–Kier alpha value is -1.46. The van der Waals surface area contributed by atoms with Gasteiger partial charge in [0.25, 0.3) is 0 Å². The summed E-state index contributed by atoms with van der Waals surface area (Å²) < 4.78 is 0. The number of likely N-dealkylation sites (tertiary alicyclic amines) is 1. The summed E-state index contributed by atoms with van der Waals surface area (Å²) in [5.74, 6) is -0.296. The lowest BCUT2D eigenvalue weighted by Gasteiger charge is -2.23. The van der Waals surface area contributed by atoms with Crippen molar-refractivity contribution < 1.29 is 9.90 Å². The Balaban J connectivity index is 2.07. The van der Waals surface area contributed by atoms with Crippen LogP contribution in [-0.4, -0.2) is 40.6 Å². The molecule has 1 amide bonds. The number of aryl methyl sites for hydroxylation is 1. The monoisotopic (exact) mass is 263 g/mol. The van der Waals surface area contributed by atoms with Crippen LogP contribution >= 0.6 is 0 Å². The van der Waals surface area contributed by atoms with Crippen molar-refractivity contribution in [3.05, 3.63) is 29.6 Å². The maximum Gasteiger partial charge on any atom is 0.217 e. The lowest BCUT2D eigenvalue weighted by molar-refractivity contribution is -0.118. The molecule has 5 heteroatoms. The first-order valence-corrected chi connectivity index (χ1v) is 6.79. The molecule has 1 aromatic rings. The van der Waals surface area contributed by atoms with E-state index in [2.05, 4.69) is 9.88 Å². The molecule has 5 nitrogen and oxygen atoms in total. The lowest BCUT2D eigenvalue weighted by Crippen LogP contribution is -2.27. The number of primary amides is 1. The van der Waals surface area contributed by atoms with Gasteiger partial charge in [-0.05, 0) is 37.9 Å². The fourth-order valence-corrected chi connectivity index (χ4v) is 2.63. The Labute approximate surface area is 113 Å². The highest BCUT2D eigenvalue weighted by atomic mass is 16.3. The number of rotatable bonds is 6. The van der Waals surface area contributed by atoms with Crippen LogP contribution in [0.2, 0.25) is 0 Å². The van der Waals surface area contributed by atoms with E-state index in [1.807, 2.05) is 18.2 Å². The number of carbonyl (C=O) groups excluding carboxylic acids is 1. The fraction of sp³-hybridized carbons (Fsp3) is 0.571. The van der Waals surface area contributed by atoms with Gasteiger partial charge in [-0.25, -0.2) is 0 Å². The summed E-state index contributed by atoms with van der Waals surface area (Å²) >= 11 is 0. The third kappa shape index (κ3) is 3.75. The standard InChI is InChI=1S/C14H21N3O2/c15-14(19)7-6-11-3-1-4-12(16-11)13-5-2-8-17(13)9-10-18/h1,3-4,13,18H,2,5-10H2,(H2,15,19)/t13-/m1/s1. The second-order valence-corrected chi connectivity index (χ2v) is 4.94. The van der Waals surface area contributed by atoms with E-state index < -0.39 is 0 Å². The molecule has 1 aromatic heterocycles. The second kappa shape index (κ2) is 6.63. The van der Waals surface area contributed by atoms with Gasteiger partial charge in [0.2, 0.25) is 5.91 Å². The van der Waals surface area contributed by atoms with Crippen LogP contribution in [0.4, 0.5) is 0 Å². The molecule has 2 heterocycles. The molecule has 0 spiro atoms. The van der Waals surface area contributed by atoms with E-state index in [9.17, 15) is 4.79 Å². The molecule has 0 radical (unpaired) electrons. The first kappa shape index (κ1) is 14.0. The highest BCUT2D eigenvalue weighted by Gasteiger charge is 2.26. The SMILES string of the molecule is NC(=O)CCc1cccc([C@H]2CCCN2CCO)n1. The Morgan fingerprint density at radius 1 is 1.53 bits per heavy atom. The number of aliphatic hydroxyl groups excluding tert-OH is 1. The summed E-state index contributed by atoms with van der Waals surface area (Å²) in [5.41, 5.74) is 7.10. The zero-order chi connectivity index (χ0) is 13.7. The molecule has 1 saturated heterocycles. The smallest absolute Gasteiger partial charge is 0.217 e. The molecule has 0 saturated carbocycles. The van der Waals surface area contributed by atoms with Crippen molar-refractivity contribution in [1.29, 1.82) is 0 Å². The van der Waals surface area contributed by atoms with E-state index in [0.717, 1.165) is 30.8 Å². The Kier molecular flexibility index (Phi) is 4.87. The van der Waals surface area contributed by atoms with Crippen molar-refractivity contribution in [3.63, 3.8) is 0 Å². The first-order chi connectivity index (χ1) is 9.20. The van der Waals surface area contributed by atoms with Gasteiger partial charge in [-0.3, -0.25) is 14.7 Å². The van der Waals surface area contributed by atoms with E-state index in [4.69, 9.17) is 10.8 Å². The molecule has 2 rings (SSSR count). The number of pyridine rings is 1. The van der Waals surface area contributed by atoms with Crippen LogP contribution in [0.25, 0.3) is 0 Å². The quantitative estimate of drug-likeness (QED) is 0.789. The van der Waals surface area contributed by atoms with Crippen molar-refractivity contribution >= 4 is 5.91 Å². The third-order valence-corrected chi connectivity index (χ3v) is 3.55. The Bertz CT molecular complexity index is 436. The maximum absolute atomic E-state index is 10.8. The number of hydrogen-bond donors (Lipinski definition) is 2. The number of aromatic nitrogens is 1. The number of nitrogens with two attached hydrogens (primary N) is 1. The van der Waals surface area contributed by atoms with Gasteiger partial charge < -0.3 is 10.8 Å². The molecule has 1 atom stereocenters.